The molecule has 8 nitrogen and oxygen atoms in total. The van der Waals surface area contributed by atoms with Crippen LogP contribution >= 0.6 is 0 Å². The van der Waals surface area contributed by atoms with Crippen LogP contribution in [0, 0.1) is 17.0 Å². The third-order valence-corrected chi connectivity index (χ3v) is 3.16. The summed E-state index contributed by atoms with van der Waals surface area (Å²) in [6.45, 7) is 4.25. The van der Waals surface area contributed by atoms with Gasteiger partial charge < -0.3 is 10.1 Å². The van der Waals surface area contributed by atoms with Crippen LogP contribution in [0.2, 0.25) is 0 Å². The number of aryl methyl sites for hydroxylation is 2. The first-order chi connectivity index (χ1) is 10.5. The topological polar surface area (TPSA) is 99.3 Å². The van der Waals surface area contributed by atoms with Gasteiger partial charge in [0, 0.05) is 12.7 Å². The maximum Gasteiger partial charge on any atom is 0.296 e. The fraction of sp³-hybridized carbons (Fsp3) is 0.286. The fourth-order valence-corrected chi connectivity index (χ4v) is 1.99. The molecule has 116 valence electrons. The summed E-state index contributed by atoms with van der Waals surface area (Å²) in [5.41, 5.74) is 0.829. The van der Waals surface area contributed by atoms with Crippen LogP contribution in [0.3, 0.4) is 0 Å². The third kappa shape index (κ3) is 3.05. The molecule has 1 aromatic carbocycles. The third-order valence-electron chi connectivity index (χ3n) is 3.16. The Bertz CT molecular complexity index is 724. The lowest BCUT2D eigenvalue weighted by molar-refractivity contribution is -0.384. The first-order valence-electron chi connectivity index (χ1n) is 6.64. The van der Waals surface area contributed by atoms with Crippen molar-refractivity contribution < 1.29 is 14.5 Å². The Morgan fingerprint density at radius 1 is 1.50 bits per heavy atom. The van der Waals surface area contributed by atoms with E-state index in [1.807, 2.05) is 6.92 Å². The SMILES string of the molecule is CCn1cc(C(=O)Nc2ccc(OC)cc2[N+](=O)[O-])c(C)n1. The largest absolute Gasteiger partial charge is 0.496 e. The van der Waals surface area contributed by atoms with Gasteiger partial charge in [0.05, 0.1) is 29.4 Å². The lowest BCUT2D eigenvalue weighted by Gasteiger charge is -2.07. The number of hydrogen-bond donors (Lipinski definition) is 1. The van der Waals surface area contributed by atoms with Gasteiger partial charge in [-0.3, -0.25) is 19.6 Å². The number of carbonyl (C=O) groups is 1. The second-order valence-electron chi connectivity index (χ2n) is 4.58. The molecule has 0 saturated carbocycles. The molecule has 0 aliphatic rings. The van der Waals surface area contributed by atoms with Crippen LogP contribution in [-0.2, 0) is 6.54 Å². The van der Waals surface area contributed by atoms with Gasteiger partial charge in [0.1, 0.15) is 11.4 Å². The molecule has 1 aromatic heterocycles. The molecule has 0 radical (unpaired) electrons. The number of nitro benzene ring substituents is 1. The Morgan fingerprint density at radius 2 is 2.23 bits per heavy atom. The van der Waals surface area contributed by atoms with Crippen molar-refractivity contribution in [3.63, 3.8) is 0 Å². The van der Waals surface area contributed by atoms with Crippen molar-refractivity contribution in [3.05, 3.63) is 45.8 Å². The first kappa shape index (κ1) is 15.5. The van der Waals surface area contributed by atoms with Gasteiger partial charge in [-0.05, 0) is 26.0 Å². The molecule has 2 aromatic rings. The van der Waals surface area contributed by atoms with Gasteiger partial charge in [-0.25, -0.2) is 0 Å². The number of nitro groups is 1. The van der Waals surface area contributed by atoms with Gasteiger partial charge in [-0.1, -0.05) is 0 Å². The van der Waals surface area contributed by atoms with Crippen molar-refractivity contribution in [1.82, 2.24) is 9.78 Å². The highest BCUT2D eigenvalue weighted by molar-refractivity contribution is 6.06. The van der Waals surface area contributed by atoms with Crippen molar-refractivity contribution in [2.24, 2.45) is 0 Å². The summed E-state index contributed by atoms with van der Waals surface area (Å²) in [5, 5.41) is 17.8. The van der Waals surface area contributed by atoms with E-state index in [9.17, 15) is 14.9 Å². The molecule has 1 amide bonds. The molecule has 0 spiro atoms. The van der Waals surface area contributed by atoms with Crippen molar-refractivity contribution in [2.45, 2.75) is 20.4 Å². The van der Waals surface area contributed by atoms with Crippen LogP contribution in [-0.4, -0.2) is 27.7 Å². The summed E-state index contributed by atoms with van der Waals surface area (Å²) in [4.78, 5) is 22.8. The number of benzene rings is 1. The Hall–Kier alpha value is -2.90. The average Bonchev–Trinajstić information content (AvgIpc) is 2.88. The second kappa shape index (κ2) is 6.25. The first-order valence-corrected chi connectivity index (χ1v) is 6.64. The summed E-state index contributed by atoms with van der Waals surface area (Å²) in [7, 11) is 1.42. The number of aromatic nitrogens is 2. The molecule has 0 aliphatic carbocycles. The van der Waals surface area contributed by atoms with Gasteiger partial charge >= 0.3 is 0 Å². The highest BCUT2D eigenvalue weighted by atomic mass is 16.6. The Balaban J connectivity index is 2.31. The summed E-state index contributed by atoms with van der Waals surface area (Å²) >= 11 is 0. The zero-order valence-corrected chi connectivity index (χ0v) is 12.5. The fourth-order valence-electron chi connectivity index (χ4n) is 1.99. The number of nitrogens with zero attached hydrogens (tertiary/aromatic N) is 3. The predicted octanol–water partition coefficient (Wildman–Crippen LogP) is 2.38. The van der Waals surface area contributed by atoms with Gasteiger partial charge in [-0.2, -0.15) is 5.10 Å². The van der Waals surface area contributed by atoms with Crippen molar-refractivity contribution in [3.8, 4) is 5.75 Å². The molecule has 0 fully saturated rings. The molecule has 0 aliphatic heterocycles. The monoisotopic (exact) mass is 304 g/mol. The maximum absolute atomic E-state index is 12.3. The summed E-state index contributed by atoms with van der Waals surface area (Å²) in [6, 6.07) is 4.25. The molecule has 1 N–H and O–H groups in total. The zero-order chi connectivity index (χ0) is 16.3. The van der Waals surface area contributed by atoms with Crippen LogP contribution in [0.5, 0.6) is 5.75 Å². The van der Waals surface area contributed by atoms with E-state index in [1.54, 1.807) is 23.9 Å². The van der Waals surface area contributed by atoms with Crippen molar-refractivity contribution in [1.29, 1.82) is 0 Å². The molecule has 0 bridgehead atoms. The number of anilines is 1. The predicted molar refractivity (Wildman–Crippen MR) is 80.2 cm³/mol. The number of hydrogen-bond acceptors (Lipinski definition) is 5. The highest BCUT2D eigenvalue weighted by Crippen LogP contribution is 2.29. The molecular formula is C14H16N4O4. The lowest BCUT2D eigenvalue weighted by atomic mass is 10.2. The minimum Gasteiger partial charge on any atom is -0.496 e. The van der Waals surface area contributed by atoms with E-state index in [0.717, 1.165) is 0 Å². The Morgan fingerprint density at radius 3 is 2.77 bits per heavy atom. The van der Waals surface area contributed by atoms with E-state index in [4.69, 9.17) is 4.74 Å². The minimum atomic E-state index is -0.569. The summed E-state index contributed by atoms with van der Waals surface area (Å²) < 4.78 is 6.59. The number of amides is 1. The minimum absolute atomic E-state index is 0.111. The van der Waals surface area contributed by atoms with E-state index in [1.165, 1.54) is 19.2 Å². The van der Waals surface area contributed by atoms with Crippen molar-refractivity contribution in [2.75, 3.05) is 12.4 Å². The van der Waals surface area contributed by atoms with E-state index in [0.29, 0.717) is 23.6 Å². The van der Waals surface area contributed by atoms with Gasteiger partial charge in [0.15, 0.2) is 0 Å². The molecule has 22 heavy (non-hydrogen) atoms. The smallest absolute Gasteiger partial charge is 0.296 e. The Kier molecular flexibility index (Phi) is 4.40. The van der Waals surface area contributed by atoms with Crippen LogP contribution in [0.25, 0.3) is 0 Å². The zero-order valence-electron chi connectivity index (χ0n) is 12.5. The highest BCUT2D eigenvalue weighted by Gasteiger charge is 2.20. The number of ether oxygens (including phenoxy) is 1. The molecule has 8 heteroatoms. The van der Waals surface area contributed by atoms with Crippen LogP contribution in [0.1, 0.15) is 23.0 Å². The normalized spacial score (nSPS) is 10.3. The van der Waals surface area contributed by atoms with E-state index in [-0.39, 0.29) is 11.4 Å². The van der Waals surface area contributed by atoms with Crippen LogP contribution in [0.4, 0.5) is 11.4 Å². The van der Waals surface area contributed by atoms with Crippen molar-refractivity contribution >= 4 is 17.3 Å². The number of methoxy groups -OCH3 is 1. The van der Waals surface area contributed by atoms with E-state index >= 15 is 0 Å². The second-order valence-corrected chi connectivity index (χ2v) is 4.58. The molecule has 1 heterocycles. The maximum atomic E-state index is 12.3. The molecule has 0 unspecified atom stereocenters. The van der Waals surface area contributed by atoms with Crippen LogP contribution < -0.4 is 10.1 Å². The van der Waals surface area contributed by atoms with Gasteiger partial charge in [-0.15, -0.1) is 0 Å². The van der Waals surface area contributed by atoms with E-state index in [2.05, 4.69) is 10.4 Å². The standard InChI is InChI=1S/C14H16N4O4/c1-4-17-8-11(9(2)16-17)14(19)15-12-6-5-10(22-3)7-13(12)18(20)21/h5-8H,4H2,1-3H3,(H,15,19). The summed E-state index contributed by atoms with van der Waals surface area (Å²) in [5.74, 6) is -0.0925. The number of rotatable bonds is 5. The molecule has 2 rings (SSSR count). The molecular weight excluding hydrogens is 288 g/mol. The average molecular weight is 304 g/mol. The quantitative estimate of drug-likeness (QED) is 0.675. The summed E-state index contributed by atoms with van der Waals surface area (Å²) in [6.07, 6.45) is 1.61. The molecule has 0 atom stereocenters. The molecule has 0 saturated heterocycles. The van der Waals surface area contributed by atoms with Gasteiger partial charge in [0.2, 0.25) is 0 Å². The van der Waals surface area contributed by atoms with E-state index < -0.39 is 10.8 Å². The number of nitrogens with one attached hydrogen (secondary N) is 1. The van der Waals surface area contributed by atoms with Gasteiger partial charge in [0.25, 0.3) is 11.6 Å². The number of carbonyl (C=O) groups excluding carboxylic acids is 1. The van der Waals surface area contributed by atoms with Crippen LogP contribution in [0.15, 0.2) is 24.4 Å². The lowest BCUT2D eigenvalue weighted by Crippen LogP contribution is -2.13. The Labute approximate surface area is 126 Å².